The van der Waals surface area contributed by atoms with Gasteiger partial charge in [0, 0.05) is 71.2 Å². The molecule has 6 rings (SSSR count). The maximum absolute atomic E-state index is 15.1. The van der Waals surface area contributed by atoms with Gasteiger partial charge in [0.05, 0.1) is 19.1 Å². The van der Waals surface area contributed by atoms with Crippen LogP contribution in [0.4, 0.5) is 0 Å². The van der Waals surface area contributed by atoms with E-state index in [1.165, 1.54) is 56.7 Å². The fourth-order valence-electron chi connectivity index (χ4n) is 10.6. The number of aromatic nitrogens is 4. The van der Waals surface area contributed by atoms with E-state index < -0.39 is 101 Å². The summed E-state index contributed by atoms with van der Waals surface area (Å²) in [6.45, 7) is 18.6. The summed E-state index contributed by atoms with van der Waals surface area (Å²) in [5.74, 6) is -5.96. The number of nitrogens with zero attached hydrogens (tertiary/aromatic N) is 8. The molecule has 2 aromatic heterocycles. The van der Waals surface area contributed by atoms with Crippen LogP contribution in [0.25, 0.3) is 0 Å². The number of hydrogen-bond donors (Lipinski definition) is 1. The highest BCUT2D eigenvalue weighted by Gasteiger charge is 2.72. The third-order valence-electron chi connectivity index (χ3n) is 15.5. The van der Waals surface area contributed by atoms with Crippen LogP contribution in [0.3, 0.4) is 0 Å². The molecule has 2 aliphatic rings. The molecule has 2 unspecified atom stereocenters. The molecule has 436 valence electrons. The van der Waals surface area contributed by atoms with E-state index in [9.17, 15) is 29.1 Å². The van der Waals surface area contributed by atoms with Crippen molar-refractivity contribution in [3.63, 3.8) is 0 Å². The van der Waals surface area contributed by atoms with Gasteiger partial charge in [-0.2, -0.15) is 10.2 Å². The molecular weight excluding hydrogens is 1020 g/mol. The molecule has 0 bridgehead atoms. The van der Waals surface area contributed by atoms with Crippen LogP contribution in [0.15, 0.2) is 85.5 Å². The first-order valence-corrected chi connectivity index (χ1v) is 27.8. The number of ether oxygens (including phenoxy) is 4. The van der Waals surface area contributed by atoms with Gasteiger partial charge in [0.1, 0.15) is 23.7 Å². The zero-order valence-electron chi connectivity index (χ0n) is 49.1. The third-order valence-corrected chi connectivity index (χ3v) is 15.5. The molecule has 9 atom stereocenters. The Morgan fingerprint density at radius 3 is 1.35 bits per heavy atom. The van der Waals surface area contributed by atoms with Crippen LogP contribution in [0.2, 0.25) is 0 Å². The molecule has 20 nitrogen and oxygen atoms in total. The zero-order valence-corrected chi connectivity index (χ0v) is 49.1. The van der Waals surface area contributed by atoms with E-state index in [4.69, 9.17) is 18.9 Å². The SMILES string of the molecule is CC(C)CC1C(=O)O[C@H](Cc2ccc(Cn3cccn3)cc2)C(=O)N(C)[C@@]2(CC2(C)C)C(=O)O[C@H](C)C(=O)N(C)[C@@H](CC(C)C)C(=O)O[C@H](Cc2ccc(Cn3cccn3)cc2)C(=O)N(C)[C@@H](CC(C)C)C(O)O[C@H](C)C(=O)N1C. The molecule has 4 amide bonds. The molecule has 80 heavy (non-hydrogen) atoms. The second kappa shape index (κ2) is 26.6. The van der Waals surface area contributed by atoms with Crippen LogP contribution >= 0.6 is 0 Å². The van der Waals surface area contributed by atoms with E-state index in [0.29, 0.717) is 24.2 Å². The average molecular weight is 1110 g/mol. The number of likely N-dealkylation sites (N-methyl/N-ethyl adjacent to an activating group) is 4. The smallest absolute Gasteiger partial charge is 0.333 e. The quantitative estimate of drug-likeness (QED) is 0.118. The Bertz CT molecular complexity index is 2750. The van der Waals surface area contributed by atoms with E-state index in [-0.39, 0.29) is 56.3 Å². The lowest BCUT2D eigenvalue weighted by Gasteiger charge is -2.37. The summed E-state index contributed by atoms with van der Waals surface area (Å²) in [6, 6.07) is 14.8. The molecular formula is C60H84N8O12. The Labute approximate surface area is 471 Å². The summed E-state index contributed by atoms with van der Waals surface area (Å²) < 4.78 is 28.1. The molecule has 2 fully saturated rings. The first kappa shape index (κ1) is 62.3. The van der Waals surface area contributed by atoms with Crippen molar-refractivity contribution in [3.8, 4) is 0 Å². The number of hydrogen-bond acceptors (Lipinski definition) is 14. The van der Waals surface area contributed by atoms with Crippen LogP contribution in [0, 0.1) is 23.2 Å². The maximum Gasteiger partial charge on any atom is 0.333 e. The number of aliphatic hydroxyl groups is 1. The van der Waals surface area contributed by atoms with Crippen molar-refractivity contribution in [3.05, 3.63) is 108 Å². The van der Waals surface area contributed by atoms with Gasteiger partial charge in [-0.05, 0) is 91.7 Å². The van der Waals surface area contributed by atoms with Crippen LogP contribution in [-0.2, 0) is 78.4 Å². The van der Waals surface area contributed by atoms with Crippen molar-refractivity contribution in [2.75, 3.05) is 28.2 Å². The largest absolute Gasteiger partial charge is 0.451 e. The standard InChI is InChI=1S/C60H84N8O12/c1-37(2)29-46-55(73)77-40(7)51(69)63(11)48(31-39(5)6)57(75)80-50(33-43-19-23-45(24-20-43)35-68-28-16-26-62-68)54(72)66(14)60(36-59(60,9)10)58(76)78-41(8)52(70)64(12)47(30-38(3)4)56(74)79-49(53(71)65(46)13)32-42-17-21-44(22-18-42)34-67-27-15-25-61-67/h15-28,37-41,46-50,55,73H,29-36H2,1-14H3/t40-,41-,46+,47+,48?,49-,50-,55?,60+/m1/s1. The number of aliphatic hydroxyl groups excluding tert-OH is 1. The monoisotopic (exact) mass is 1110 g/mol. The minimum atomic E-state index is -1.76. The molecule has 1 aliphatic heterocycles. The Morgan fingerprint density at radius 1 is 0.562 bits per heavy atom. The molecule has 1 saturated carbocycles. The molecule has 1 N–H and O–H groups in total. The van der Waals surface area contributed by atoms with E-state index in [2.05, 4.69) is 10.2 Å². The highest BCUT2D eigenvalue weighted by atomic mass is 16.6. The lowest BCUT2D eigenvalue weighted by Crippen LogP contribution is -2.56. The van der Waals surface area contributed by atoms with Crippen molar-refractivity contribution in [2.24, 2.45) is 23.2 Å². The van der Waals surface area contributed by atoms with Crippen LogP contribution in [0.5, 0.6) is 0 Å². The van der Waals surface area contributed by atoms with Crippen molar-refractivity contribution in [1.29, 1.82) is 0 Å². The molecule has 1 saturated heterocycles. The van der Waals surface area contributed by atoms with Gasteiger partial charge in [0.15, 0.2) is 24.6 Å². The van der Waals surface area contributed by atoms with Crippen molar-refractivity contribution >= 4 is 41.5 Å². The highest BCUT2D eigenvalue weighted by Crippen LogP contribution is 2.60. The van der Waals surface area contributed by atoms with Crippen molar-refractivity contribution in [2.45, 2.75) is 175 Å². The number of carbonyl (C=O) groups is 7. The minimum Gasteiger partial charge on any atom is -0.451 e. The number of amides is 4. The Kier molecular flexibility index (Phi) is 20.7. The van der Waals surface area contributed by atoms with Gasteiger partial charge in [-0.15, -0.1) is 0 Å². The van der Waals surface area contributed by atoms with Gasteiger partial charge in [0.2, 0.25) is 0 Å². The summed E-state index contributed by atoms with van der Waals surface area (Å²) in [7, 11) is 5.72. The second-order valence-corrected chi connectivity index (χ2v) is 23.7. The predicted molar refractivity (Wildman–Crippen MR) is 297 cm³/mol. The first-order valence-electron chi connectivity index (χ1n) is 27.8. The highest BCUT2D eigenvalue weighted by molar-refractivity contribution is 5.97. The maximum atomic E-state index is 15.1. The lowest BCUT2D eigenvalue weighted by atomic mass is 9.99. The molecule has 1 aliphatic carbocycles. The number of cyclic esters (lactones) is 3. The van der Waals surface area contributed by atoms with E-state index in [1.54, 1.807) is 35.6 Å². The van der Waals surface area contributed by atoms with Crippen molar-refractivity contribution in [1.82, 2.24) is 39.2 Å². The zero-order chi connectivity index (χ0) is 59.0. The Morgan fingerprint density at radius 2 is 0.963 bits per heavy atom. The first-order chi connectivity index (χ1) is 37.6. The summed E-state index contributed by atoms with van der Waals surface area (Å²) in [4.78, 5) is 108. The van der Waals surface area contributed by atoms with E-state index >= 15 is 9.59 Å². The number of carbonyl (C=O) groups excluding carboxylic acids is 7. The van der Waals surface area contributed by atoms with Crippen LogP contribution in [0.1, 0.15) is 117 Å². The second-order valence-electron chi connectivity index (χ2n) is 23.7. The van der Waals surface area contributed by atoms with Gasteiger partial charge in [-0.1, -0.05) is 104 Å². The Balaban J connectivity index is 1.40. The molecule has 2 aromatic carbocycles. The van der Waals surface area contributed by atoms with Gasteiger partial charge < -0.3 is 43.7 Å². The number of esters is 3. The average Bonchev–Trinajstić information content (AvgIpc) is 4.05. The van der Waals surface area contributed by atoms with Crippen LogP contribution in [-0.4, -0.2) is 168 Å². The minimum absolute atomic E-state index is 0.0978. The topological polar surface area (TPSA) is 225 Å². The Hall–Kier alpha value is -6.93. The number of benzene rings is 2. The van der Waals surface area contributed by atoms with E-state index in [1.807, 2.05) is 115 Å². The van der Waals surface area contributed by atoms with E-state index in [0.717, 1.165) is 16.0 Å². The lowest BCUT2D eigenvalue weighted by molar-refractivity contribution is -0.192. The van der Waals surface area contributed by atoms with Gasteiger partial charge in [-0.3, -0.25) is 28.5 Å². The molecule has 0 radical (unpaired) electrons. The predicted octanol–water partition coefficient (Wildman–Crippen LogP) is 5.70. The van der Waals surface area contributed by atoms with Gasteiger partial charge in [-0.25, -0.2) is 14.4 Å². The fourth-order valence-corrected chi connectivity index (χ4v) is 10.6. The summed E-state index contributed by atoms with van der Waals surface area (Å²) in [5.41, 5.74) is 0.623. The molecule has 1 spiro atoms. The van der Waals surface area contributed by atoms with Crippen molar-refractivity contribution < 1.29 is 57.6 Å². The molecule has 3 heterocycles. The van der Waals surface area contributed by atoms with Gasteiger partial charge in [0.25, 0.3) is 23.6 Å². The fraction of sp³-hybridized carbons (Fsp3) is 0.583. The van der Waals surface area contributed by atoms with Crippen LogP contribution < -0.4 is 0 Å². The summed E-state index contributed by atoms with van der Waals surface area (Å²) in [6.07, 6.45) is -0.262. The third kappa shape index (κ3) is 15.1. The molecule has 20 heteroatoms. The van der Waals surface area contributed by atoms with Gasteiger partial charge >= 0.3 is 17.9 Å². The normalized spacial score (nSPS) is 26.3. The summed E-state index contributed by atoms with van der Waals surface area (Å²) >= 11 is 0. The molecule has 4 aromatic rings. The summed E-state index contributed by atoms with van der Waals surface area (Å²) in [5, 5.41) is 20.6. The number of rotatable bonds is 14.